The normalized spacial score (nSPS) is 12.4. The molecule has 0 aliphatic rings. The van der Waals surface area contributed by atoms with Crippen molar-refractivity contribution in [3.8, 4) is 0 Å². The van der Waals surface area contributed by atoms with Gasteiger partial charge in [-0.25, -0.2) is 0 Å². The van der Waals surface area contributed by atoms with Gasteiger partial charge in [0.2, 0.25) is 5.91 Å². The zero-order valence-corrected chi connectivity index (χ0v) is 52.0. The highest BCUT2D eigenvalue weighted by atomic mass is 16.5. The molecule has 0 radical (unpaired) electrons. The molecule has 0 bridgehead atoms. The summed E-state index contributed by atoms with van der Waals surface area (Å²) in [6.45, 7) is 5.00. The van der Waals surface area contributed by atoms with Crippen LogP contribution in [0.5, 0.6) is 0 Å². The molecule has 0 spiro atoms. The lowest BCUT2D eigenvalue weighted by Crippen LogP contribution is -2.45. The lowest BCUT2D eigenvalue weighted by atomic mass is 10.0. The fraction of sp³-hybridized carbons (Fsp3) is 0.971. The fourth-order valence-electron chi connectivity index (χ4n) is 11.5. The molecule has 0 aromatic carbocycles. The maximum absolute atomic E-state index is 12.5. The van der Waals surface area contributed by atoms with Crippen LogP contribution in [0, 0.1) is 0 Å². The smallest absolute Gasteiger partial charge is 0.305 e. The fourth-order valence-corrected chi connectivity index (χ4v) is 11.5. The zero-order chi connectivity index (χ0) is 55.0. The first-order chi connectivity index (χ1) is 37.5. The quantitative estimate of drug-likeness (QED) is 0.0417. The summed E-state index contributed by atoms with van der Waals surface area (Å²) in [5, 5.41) is 23.3. The van der Waals surface area contributed by atoms with Gasteiger partial charge < -0.3 is 20.3 Å². The van der Waals surface area contributed by atoms with Gasteiger partial charge in [0, 0.05) is 12.8 Å². The Morgan fingerprint density at radius 1 is 0.316 bits per heavy atom. The second kappa shape index (κ2) is 66.4. The Hall–Kier alpha value is -1.14. The monoisotopic (exact) mass is 1070 g/mol. The Morgan fingerprint density at radius 2 is 0.539 bits per heavy atom. The van der Waals surface area contributed by atoms with Crippen LogP contribution >= 0.6 is 0 Å². The van der Waals surface area contributed by atoms with Crippen LogP contribution in [0.3, 0.4) is 0 Å². The Balaban J connectivity index is 3.29. The third kappa shape index (κ3) is 62.1. The van der Waals surface area contributed by atoms with Crippen molar-refractivity contribution in [2.75, 3.05) is 13.2 Å². The summed E-state index contributed by atoms with van der Waals surface area (Å²) >= 11 is 0. The third-order valence-corrected chi connectivity index (χ3v) is 16.9. The topological polar surface area (TPSA) is 95.9 Å². The summed E-state index contributed by atoms with van der Waals surface area (Å²) in [4.78, 5) is 24.6. The summed E-state index contributed by atoms with van der Waals surface area (Å²) in [7, 11) is 0. The Morgan fingerprint density at radius 3 is 0.803 bits per heavy atom. The van der Waals surface area contributed by atoms with Crippen molar-refractivity contribution in [1.82, 2.24) is 5.32 Å². The standard InChI is InChI=1S/C70H139NO5/c1-3-5-7-9-11-13-15-17-18-19-34-37-40-44-48-52-56-60-64-70(75)76-65-61-57-53-49-45-41-38-35-32-30-28-26-24-22-20-21-23-25-27-29-31-33-36-39-43-47-51-55-59-63-69(74)71-67(66-72)68(73)62-58-54-50-46-42-16-14-12-10-8-6-4-2/h67-68,72-73H,3-66H2,1-2H3,(H,71,74). The van der Waals surface area contributed by atoms with Crippen molar-refractivity contribution < 1.29 is 24.5 Å². The number of hydrogen-bond acceptors (Lipinski definition) is 5. The Kier molecular flexibility index (Phi) is 65.4. The van der Waals surface area contributed by atoms with E-state index in [0.29, 0.717) is 25.9 Å². The van der Waals surface area contributed by atoms with Crippen molar-refractivity contribution >= 4 is 11.9 Å². The molecule has 0 aliphatic heterocycles. The van der Waals surface area contributed by atoms with Gasteiger partial charge in [0.25, 0.3) is 0 Å². The number of carbonyl (C=O) groups excluding carboxylic acids is 2. The third-order valence-electron chi connectivity index (χ3n) is 16.9. The number of aliphatic hydroxyl groups is 2. The van der Waals surface area contributed by atoms with Crippen LogP contribution in [0.15, 0.2) is 0 Å². The lowest BCUT2D eigenvalue weighted by Gasteiger charge is -2.22. The molecule has 0 aliphatic carbocycles. The summed E-state index contributed by atoms with van der Waals surface area (Å²) in [5.74, 6) is -0.00406. The van der Waals surface area contributed by atoms with E-state index in [2.05, 4.69) is 19.2 Å². The van der Waals surface area contributed by atoms with Crippen molar-refractivity contribution in [3.63, 3.8) is 0 Å². The minimum absolute atomic E-state index is 0.0251. The van der Waals surface area contributed by atoms with E-state index >= 15 is 0 Å². The average Bonchev–Trinajstić information content (AvgIpc) is 3.42. The van der Waals surface area contributed by atoms with Gasteiger partial charge in [-0.15, -0.1) is 0 Å². The van der Waals surface area contributed by atoms with Crippen LogP contribution in [0.1, 0.15) is 412 Å². The predicted octanol–water partition coefficient (Wildman–Crippen LogP) is 22.6. The number of ether oxygens (including phenoxy) is 1. The highest BCUT2D eigenvalue weighted by molar-refractivity contribution is 5.76. The van der Waals surface area contributed by atoms with Gasteiger partial charge in [-0.05, 0) is 25.7 Å². The lowest BCUT2D eigenvalue weighted by molar-refractivity contribution is -0.143. The summed E-state index contributed by atoms with van der Waals surface area (Å²) in [6.07, 6.45) is 80.2. The minimum Gasteiger partial charge on any atom is -0.466 e. The molecule has 3 N–H and O–H groups in total. The molecule has 76 heavy (non-hydrogen) atoms. The SMILES string of the molecule is CCCCCCCCCCCCCCCCCCCCC(=O)OCCCCCCCCCCCCCCCCCCCCCCCCCCCCCCCC(=O)NC(CO)C(O)CCCCCCCCCCCCCC. The Labute approximate surface area is 476 Å². The summed E-state index contributed by atoms with van der Waals surface area (Å²) in [6, 6.07) is -0.536. The number of nitrogens with one attached hydrogen (secondary N) is 1. The second-order valence-electron chi connectivity index (χ2n) is 24.6. The predicted molar refractivity (Wildman–Crippen MR) is 334 cm³/mol. The van der Waals surface area contributed by atoms with Gasteiger partial charge in [0.15, 0.2) is 0 Å². The van der Waals surface area contributed by atoms with Gasteiger partial charge in [-0.2, -0.15) is 0 Å². The van der Waals surface area contributed by atoms with Crippen LogP contribution < -0.4 is 5.32 Å². The number of hydrogen-bond donors (Lipinski definition) is 3. The maximum atomic E-state index is 12.5. The van der Waals surface area contributed by atoms with E-state index in [1.165, 1.54) is 340 Å². The van der Waals surface area contributed by atoms with E-state index in [9.17, 15) is 19.8 Å². The molecule has 6 nitrogen and oxygen atoms in total. The first kappa shape index (κ1) is 74.9. The zero-order valence-electron chi connectivity index (χ0n) is 52.0. The van der Waals surface area contributed by atoms with E-state index in [-0.39, 0.29) is 18.5 Å². The molecule has 0 aromatic rings. The largest absolute Gasteiger partial charge is 0.466 e. The molecule has 454 valence electrons. The molecule has 0 rings (SSSR count). The molecule has 0 saturated carbocycles. The van der Waals surface area contributed by atoms with Crippen molar-refractivity contribution in [2.24, 2.45) is 0 Å². The van der Waals surface area contributed by atoms with Gasteiger partial charge >= 0.3 is 5.97 Å². The van der Waals surface area contributed by atoms with Crippen LogP contribution in [0.25, 0.3) is 0 Å². The van der Waals surface area contributed by atoms with Crippen molar-refractivity contribution in [1.29, 1.82) is 0 Å². The van der Waals surface area contributed by atoms with Gasteiger partial charge in [-0.3, -0.25) is 9.59 Å². The molecule has 2 unspecified atom stereocenters. The number of unbranched alkanes of at least 4 members (excludes halogenated alkanes) is 56. The van der Waals surface area contributed by atoms with Gasteiger partial charge in [-0.1, -0.05) is 373 Å². The van der Waals surface area contributed by atoms with Crippen LogP contribution in [0.2, 0.25) is 0 Å². The number of aliphatic hydroxyl groups excluding tert-OH is 2. The maximum Gasteiger partial charge on any atom is 0.305 e. The van der Waals surface area contributed by atoms with Gasteiger partial charge in [0.1, 0.15) is 0 Å². The average molecular weight is 1070 g/mol. The van der Waals surface area contributed by atoms with Crippen LogP contribution in [-0.4, -0.2) is 47.4 Å². The second-order valence-corrected chi connectivity index (χ2v) is 24.6. The van der Waals surface area contributed by atoms with E-state index in [1.54, 1.807) is 0 Å². The molecule has 2 atom stereocenters. The first-order valence-electron chi connectivity index (χ1n) is 35.3. The summed E-state index contributed by atoms with van der Waals surface area (Å²) in [5.41, 5.74) is 0. The highest BCUT2D eigenvalue weighted by Gasteiger charge is 2.20. The molecule has 1 amide bonds. The number of carbonyl (C=O) groups is 2. The van der Waals surface area contributed by atoms with E-state index in [1.807, 2.05) is 0 Å². The Bertz CT molecular complexity index is 1100. The molecule has 6 heteroatoms. The molecular formula is C70H139NO5. The van der Waals surface area contributed by atoms with E-state index in [4.69, 9.17) is 4.74 Å². The van der Waals surface area contributed by atoms with Crippen molar-refractivity contribution in [3.05, 3.63) is 0 Å². The molecule has 0 heterocycles. The van der Waals surface area contributed by atoms with E-state index < -0.39 is 12.1 Å². The number of amides is 1. The molecular weight excluding hydrogens is 935 g/mol. The summed E-state index contributed by atoms with van der Waals surface area (Å²) < 4.78 is 5.51. The number of rotatable bonds is 67. The minimum atomic E-state index is -0.659. The molecule has 0 aromatic heterocycles. The number of esters is 1. The first-order valence-corrected chi connectivity index (χ1v) is 35.3. The van der Waals surface area contributed by atoms with E-state index in [0.717, 1.165) is 38.5 Å². The molecule has 0 fully saturated rings. The van der Waals surface area contributed by atoms with Crippen molar-refractivity contribution in [2.45, 2.75) is 424 Å². The van der Waals surface area contributed by atoms with Crippen LogP contribution in [-0.2, 0) is 14.3 Å². The molecule has 0 saturated heterocycles. The van der Waals surface area contributed by atoms with Crippen LogP contribution in [0.4, 0.5) is 0 Å². The highest BCUT2D eigenvalue weighted by Crippen LogP contribution is 2.20. The van der Waals surface area contributed by atoms with Gasteiger partial charge in [0.05, 0.1) is 25.4 Å².